The van der Waals surface area contributed by atoms with E-state index in [-0.39, 0.29) is 75.2 Å². The van der Waals surface area contributed by atoms with E-state index in [2.05, 4.69) is 94.4 Å². The number of aromatic amines is 2. The zero-order valence-corrected chi connectivity index (χ0v) is 73.5. The van der Waals surface area contributed by atoms with Crippen LogP contribution in [0.5, 0.6) is 0 Å². The minimum atomic E-state index is -2.13. The van der Waals surface area contributed by atoms with Crippen LogP contribution >= 0.6 is 0 Å². The number of nitrogens with one attached hydrogen (secondary N) is 16. The van der Waals surface area contributed by atoms with E-state index in [4.69, 9.17) is 22.9 Å². The van der Waals surface area contributed by atoms with Crippen molar-refractivity contribution in [2.24, 2.45) is 52.5 Å². The Kier molecular flexibility index (Phi) is 48.7. The quantitative estimate of drug-likeness (QED) is 0.0274. The molecule has 0 aliphatic carbocycles. The van der Waals surface area contributed by atoms with Crippen LogP contribution < -0.4 is 97.4 Å². The summed E-state index contributed by atoms with van der Waals surface area (Å²) < 4.78 is 0. The summed E-state index contributed by atoms with van der Waals surface area (Å²) in [4.78, 5) is 286. The molecule has 2 aromatic heterocycles. The van der Waals surface area contributed by atoms with Crippen LogP contribution in [0.15, 0.2) is 25.0 Å². The molecule has 0 saturated heterocycles. The summed E-state index contributed by atoms with van der Waals surface area (Å²) in [6.07, 6.45) is -4.93. The molecule has 2 rings (SSSR count). The van der Waals surface area contributed by atoms with Crippen LogP contribution in [0.1, 0.15) is 197 Å². The van der Waals surface area contributed by atoms with E-state index < -0.39 is 296 Å². The third kappa shape index (κ3) is 41.1. The number of unbranched alkanes of at least 4 members (excludes halogenated alkanes) is 1. The van der Waals surface area contributed by atoms with Gasteiger partial charge in [0.25, 0.3) is 0 Å². The number of carboxylic acid groups (broad SMARTS) is 4. The summed E-state index contributed by atoms with van der Waals surface area (Å²) in [6, 6.07) is -25.9. The molecule has 2 heterocycles. The first-order valence-corrected chi connectivity index (χ1v) is 41.9. The maximum atomic E-state index is 14.6. The Balaban J connectivity index is 2.58. The maximum Gasteiger partial charge on any atom is 0.326 e. The van der Waals surface area contributed by atoms with E-state index >= 15 is 0 Å². The van der Waals surface area contributed by atoms with Gasteiger partial charge in [-0.2, -0.15) is 0 Å². The maximum absolute atomic E-state index is 14.6. The molecular weight excluding hydrogens is 1670 g/mol. The summed E-state index contributed by atoms with van der Waals surface area (Å²) in [7, 11) is 0. The van der Waals surface area contributed by atoms with E-state index in [1.165, 1.54) is 32.0 Å². The SMILES string of the molecule is CCC(C)C(NC(=O)C(CC(=O)O)NC(=O)C(Cc1cnc[nH]1)NC(=O)C(NC(=O)C(CC(C)C)NC(=O)C(CCC(=O)O)NC(=O)C(CC(N)=O)NC(=O)C(CCC(=O)O)NC(=O)C(CC(C)C)NC(=O)C(Cc1cnc[nH]1)NC(=O)C(CCC(N)=O)NC(=O)C(N)CC(C)C)C(C)O)C(=O)NC(C(=O)NC(C(=O)NC(CCCCN)C(=O)O)C(C)O)C(C)CC. The number of H-pyrrole nitrogens is 2. The minimum absolute atomic E-state index is 0.0387. The van der Waals surface area contributed by atoms with Crippen LogP contribution in [-0.2, 0) is 109 Å². The number of rotatable bonds is 62. The number of aromatic nitrogens is 4. The number of hydrogen-bond donors (Lipinski definition) is 26. The standard InChI is InChI=1S/C79H130N22O26/c1-13-39(9)61(75(122)99-62(40(10)14-2)76(123)101-64(42(12)103)77(124)91-49(79(126)127)17-15-16-24-80)98-74(121)55(31-60(110)111)96-71(118)53(29-44-33-85-35-87-44)97-78(125)63(41(11)102)100-73(120)51(27-38(7)8)92-67(114)47(19-22-58(106)107)90-72(119)54(30-57(83)105)95-68(115)48(20-23-59(108)109)89-69(116)50(26-37(5)6)93-70(117)52(28-43-32-84-34-86-43)94-66(113)46(18-21-56(82)104)88-65(112)45(81)25-36(3)4/h32-42,45-55,61-64,102-103H,13-31,80-81H2,1-12H3,(H2,82,104)(H2,83,105)(H,84,86)(H,85,87)(H,88,112)(H,89,116)(H,90,119)(H,91,124)(H,92,114)(H,93,117)(H,94,113)(H,95,115)(H,96,118)(H,97,125)(H,98,121)(H,99,122)(H,100,120)(H,101,123)(H,106,107)(H,108,109)(H,110,111)(H,126,127). The van der Waals surface area contributed by atoms with Crippen molar-refractivity contribution >= 4 is 118 Å². The first-order chi connectivity index (χ1) is 59.4. The van der Waals surface area contributed by atoms with Crippen molar-refractivity contribution in [1.29, 1.82) is 0 Å². The van der Waals surface area contributed by atoms with Gasteiger partial charge in [0.15, 0.2) is 0 Å². The lowest BCUT2D eigenvalue weighted by Crippen LogP contribution is -2.63. The predicted octanol–water partition coefficient (Wildman–Crippen LogP) is -6.42. The highest BCUT2D eigenvalue weighted by molar-refractivity contribution is 6.02. The van der Waals surface area contributed by atoms with Crippen molar-refractivity contribution < 1.29 is 127 Å². The number of nitrogens with two attached hydrogens (primary N) is 4. The first kappa shape index (κ1) is 111. The highest BCUT2D eigenvalue weighted by Crippen LogP contribution is 2.18. The second-order valence-corrected chi connectivity index (χ2v) is 32.6. The molecule has 19 atom stereocenters. The van der Waals surface area contributed by atoms with Gasteiger partial charge in [-0.25, -0.2) is 14.8 Å². The van der Waals surface area contributed by atoms with Gasteiger partial charge in [-0.15, -0.1) is 0 Å². The third-order valence-electron chi connectivity index (χ3n) is 20.2. The lowest BCUT2D eigenvalue weighted by atomic mass is 9.94. The summed E-state index contributed by atoms with van der Waals surface area (Å²) >= 11 is 0. The van der Waals surface area contributed by atoms with Crippen LogP contribution in [0, 0.1) is 29.6 Å². The van der Waals surface area contributed by atoms with Crippen molar-refractivity contribution in [2.45, 2.75) is 301 Å². The topological polar surface area (TPSA) is 793 Å². The van der Waals surface area contributed by atoms with Crippen LogP contribution in [0.3, 0.4) is 0 Å². The van der Waals surface area contributed by atoms with Crippen molar-refractivity contribution in [1.82, 2.24) is 94.4 Å². The normalized spacial score (nSPS) is 15.8. The van der Waals surface area contributed by atoms with Gasteiger partial charge in [0, 0.05) is 55.9 Å². The summed E-state index contributed by atoms with van der Waals surface area (Å²) in [5.74, 6) is -27.1. The first-order valence-electron chi connectivity index (χ1n) is 41.9. The Morgan fingerprint density at radius 2 is 0.654 bits per heavy atom. The van der Waals surface area contributed by atoms with Crippen LogP contribution in [-0.4, -0.2) is 278 Å². The molecule has 0 aliphatic rings. The molecule has 0 aliphatic heterocycles. The van der Waals surface area contributed by atoms with Gasteiger partial charge in [0.2, 0.25) is 94.5 Å². The molecule has 0 radical (unpaired) electrons. The monoisotopic (exact) mass is 1800 g/mol. The smallest absolute Gasteiger partial charge is 0.326 e. The molecule has 127 heavy (non-hydrogen) atoms. The molecule has 0 fully saturated rings. The summed E-state index contributed by atoms with van der Waals surface area (Å²) in [5.41, 5.74) is 22.9. The van der Waals surface area contributed by atoms with Gasteiger partial charge in [0.05, 0.1) is 43.7 Å². The highest BCUT2D eigenvalue weighted by Gasteiger charge is 2.42. The number of primary amides is 2. The van der Waals surface area contributed by atoms with Crippen molar-refractivity contribution in [3.05, 3.63) is 36.4 Å². The molecule has 48 nitrogen and oxygen atoms in total. The number of aliphatic hydroxyl groups excluding tert-OH is 2. The molecular formula is C79H130N22O26. The number of carboxylic acids is 4. The number of nitrogens with zero attached hydrogens (tertiary/aromatic N) is 2. The van der Waals surface area contributed by atoms with Gasteiger partial charge in [-0.05, 0) is 108 Å². The third-order valence-corrected chi connectivity index (χ3v) is 20.2. The fourth-order valence-corrected chi connectivity index (χ4v) is 12.8. The number of aliphatic carboxylic acids is 4. The minimum Gasteiger partial charge on any atom is -0.481 e. The average molecular weight is 1800 g/mol. The fraction of sp³-hybridized carbons (Fsp3) is 0.671. The van der Waals surface area contributed by atoms with E-state index in [0.29, 0.717) is 12.8 Å². The number of hydrogen-bond acceptors (Lipinski definition) is 26. The molecule has 19 unspecified atom stereocenters. The van der Waals surface area contributed by atoms with Gasteiger partial charge in [-0.3, -0.25) is 91.1 Å². The number of carbonyl (C=O) groups is 20. The van der Waals surface area contributed by atoms with Crippen molar-refractivity contribution in [3.63, 3.8) is 0 Å². The van der Waals surface area contributed by atoms with Crippen LogP contribution in [0.4, 0.5) is 0 Å². The zero-order chi connectivity index (χ0) is 96.4. The fourth-order valence-electron chi connectivity index (χ4n) is 12.8. The Bertz CT molecular complexity index is 4030. The molecule has 0 bridgehead atoms. The number of amides is 16. The summed E-state index contributed by atoms with van der Waals surface area (Å²) in [6.45, 7) is 18.8. The Labute approximate surface area is 733 Å². The zero-order valence-electron chi connectivity index (χ0n) is 73.5. The molecule has 0 saturated carbocycles. The number of imidazole rings is 2. The van der Waals surface area contributed by atoms with E-state index in [9.17, 15) is 127 Å². The van der Waals surface area contributed by atoms with E-state index in [1.807, 2.05) is 0 Å². The molecule has 48 heteroatoms. The highest BCUT2D eigenvalue weighted by atomic mass is 16.4. The average Bonchev–Trinajstić information content (AvgIpc) is 1.15. The predicted molar refractivity (Wildman–Crippen MR) is 449 cm³/mol. The lowest BCUT2D eigenvalue weighted by molar-refractivity contribution is -0.143. The molecule has 16 amide bonds. The lowest BCUT2D eigenvalue weighted by Gasteiger charge is -2.31. The van der Waals surface area contributed by atoms with E-state index in [1.54, 1.807) is 62.3 Å². The molecule has 0 aromatic carbocycles. The van der Waals surface area contributed by atoms with Gasteiger partial charge < -0.3 is 138 Å². The number of aliphatic hydroxyl groups is 2. The van der Waals surface area contributed by atoms with Crippen molar-refractivity contribution in [3.8, 4) is 0 Å². The largest absolute Gasteiger partial charge is 0.481 e. The molecule has 0 spiro atoms. The van der Waals surface area contributed by atoms with Crippen molar-refractivity contribution in [2.75, 3.05) is 6.54 Å². The Hall–Kier alpha value is -12.3. The number of carbonyl (C=O) groups excluding carboxylic acids is 16. The Morgan fingerprint density at radius 1 is 0.346 bits per heavy atom. The second kappa shape index (κ2) is 55.9. The van der Waals surface area contributed by atoms with Crippen LogP contribution in [0.25, 0.3) is 0 Å². The second-order valence-electron chi connectivity index (χ2n) is 32.6. The molecule has 712 valence electrons. The molecule has 2 aromatic rings. The van der Waals surface area contributed by atoms with E-state index in [0.717, 1.165) is 13.8 Å². The molecule has 30 N–H and O–H groups in total. The summed E-state index contributed by atoms with van der Waals surface area (Å²) in [5, 5.41) is 94.6. The van der Waals surface area contributed by atoms with Gasteiger partial charge >= 0.3 is 23.9 Å². The van der Waals surface area contributed by atoms with Gasteiger partial charge in [0.1, 0.15) is 84.6 Å². The van der Waals surface area contributed by atoms with Crippen LogP contribution in [0.2, 0.25) is 0 Å². The van der Waals surface area contributed by atoms with Gasteiger partial charge in [-0.1, -0.05) is 82.1 Å². The Morgan fingerprint density at radius 3 is 1.01 bits per heavy atom.